The Bertz CT molecular complexity index is 1460. The third-order valence-electron chi connectivity index (χ3n) is 14.2. The van der Waals surface area contributed by atoms with E-state index in [-0.39, 0.29) is 65.6 Å². The standard InChI is InChI=1S/C39H68ClO8PSi2/c1-16-45-49(43,46-17-2)26-44-39(32(42)25-47-50(12,13)34(4,5)6)27(3)22-31-30-19-18-28-23-29(41)20-21-36(28,10)38(30,40)33(24-37(31,39)11)48-51(14,15)35(7,8)9/h18,20-21,27,30-31,33H,16-17,19,22-26H2,1-15H3/t27-,30-,31-,33-,36-,37-,38-,39-/m0/s1. The summed E-state index contributed by atoms with van der Waals surface area (Å²) in [5, 5.41) is -0.207. The maximum Gasteiger partial charge on any atom is 0.356 e. The summed E-state index contributed by atoms with van der Waals surface area (Å²) in [6, 6.07) is 0. The second-order valence-corrected chi connectivity index (χ2v) is 31.4. The maximum absolute atomic E-state index is 15.2. The van der Waals surface area contributed by atoms with Crippen molar-refractivity contribution in [3.8, 4) is 0 Å². The number of halogens is 1. The van der Waals surface area contributed by atoms with E-state index in [0.29, 0.717) is 25.7 Å². The average molecular weight is 788 g/mol. The quantitative estimate of drug-likeness (QED) is 0.0788. The first-order valence-corrected chi connectivity index (χ1v) is 27.0. The fourth-order valence-corrected chi connectivity index (χ4v) is 13.6. The van der Waals surface area contributed by atoms with Crippen molar-refractivity contribution in [1.29, 1.82) is 0 Å². The first-order valence-electron chi connectivity index (χ1n) is 19.1. The molecule has 2 saturated carbocycles. The molecule has 4 rings (SSSR count). The molecule has 0 radical (unpaired) electrons. The molecule has 0 aromatic carbocycles. The van der Waals surface area contributed by atoms with E-state index in [1.807, 2.05) is 6.08 Å². The first-order chi connectivity index (χ1) is 23.1. The minimum absolute atomic E-state index is 0.0414. The molecule has 292 valence electrons. The van der Waals surface area contributed by atoms with Gasteiger partial charge in [-0.1, -0.05) is 80.0 Å². The highest BCUT2D eigenvalue weighted by molar-refractivity contribution is 7.53. The maximum atomic E-state index is 15.2. The van der Waals surface area contributed by atoms with Crippen molar-refractivity contribution in [2.45, 2.75) is 155 Å². The molecule has 0 spiro atoms. The lowest BCUT2D eigenvalue weighted by molar-refractivity contribution is -0.189. The lowest BCUT2D eigenvalue weighted by Gasteiger charge is -2.65. The van der Waals surface area contributed by atoms with Crippen LogP contribution in [0, 0.1) is 28.6 Å². The molecular formula is C39H68ClO8PSi2. The predicted molar refractivity (Wildman–Crippen MR) is 211 cm³/mol. The van der Waals surface area contributed by atoms with Crippen molar-refractivity contribution in [3.05, 3.63) is 23.8 Å². The van der Waals surface area contributed by atoms with Gasteiger partial charge in [0.1, 0.15) is 11.9 Å². The van der Waals surface area contributed by atoms with Crippen LogP contribution in [0.5, 0.6) is 0 Å². The van der Waals surface area contributed by atoms with Crippen LogP contribution < -0.4 is 0 Å². The highest BCUT2D eigenvalue weighted by atomic mass is 35.5. The molecule has 8 nitrogen and oxygen atoms in total. The lowest BCUT2D eigenvalue weighted by Crippen LogP contribution is -2.71. The zero-order chi connectivity index (χ0) is 38.9. The molecule has 0 aromatic heterocycles. The van der Waals surface area contributed by atoms with Crippen LogP contribution in [0.4, 0.5) is 0 Å². The van der Waals surface area contributed by atoms with Crippen LogP contribution in [0.25, 0.3) is 0 Å². The number of allylic oxidation sites excluding steroid dienone is 4. The summed E-state index contributed by atoms with van der Waals surface area (Å²) in [6.07, 6.45) is 7.30. The van der Waals surface area contributed by atoms with Gasteiger partial charge in [0.25, 0.3) is 0 Å². The van der Waals surface area contributed by atoms with E-state index in [0.717, 1.165) is 5.57 Å². The molecule has 4 aliphatic carbocycles. The van der Waals surface area contributed by atoms with Gasteiger partial charge in [-0.2, -0.15) is 0 Å². The molecule has 4 aliphatic rings. The van der Waals surface area contributed by atoms with Crippen LogP contribution in [0.2, 0.25) is 36.3 Å². The zero-order valence-electron chi connectivity index (χ0n) is 34.3. The number of hydrogen-bond acceptors (Lipinski definition) is 8. The highest BCUT2D eigenvalue weighted by Crippen LogP contribution is 2.73. The van der Waals surface area contributed by atoms with E-state index < -0.39 is 51.6 Å². The van der Waals surface area contributed by atoms with Gasteiger partial charge in [-0.25, -0.2) is 0 Å². The summed E-state index contributed by atoms with van der Waals surface area (Å²) < 4.78 is 46.6. The number of rotatable bonds is 13. The summed E-state index contributed by atoms with van der Waals surface area (Å²) in [6.45, 7) is 32.2. The van der Waals surface area contributed by atoms with Crippen molar-refractivity contribution < 1.29 is 36.8 Å². The van der Waals surface area contributed by atoms with Crippen LogP contribution in [-0.2, 0) is 36.8 Å². The molecule has 0 unspecified atom stereocenters. The second-order valence-electron chi connectivity index (χ2n) is 19.2. The van der Waals surface area contributed by atoms with E-state index in [9.17, 15) is 9.36 Å². The van der Waals surface area contributed by atoms with Crippen LogP contribution in [0.1, 0.15) is 102 Å². The Morgan fingerprint density at radius 1 is 0.980 bits per heavy atom. The summed E-state index contributed by atoms with van der Waals surface area (Å²) in [5.74, 6) is -0.442. The van der Waals surface area contributed by atoms with E-state index >= 15 is 4.79 Å². The number of hydrogen-bond donors (Lipinski definition) is 0. The van der Waals surface area contributed by atoms with Crippen LogP contribution in [0.15, 0.2) is 23.8 Å². The Morgan fingerprint density at radius 2 is 1.55 bits per heavy atom. The minimum atomic E-state index is -3.69. The van der Waals surface area contributed by atoms with Crippen molar-refractivity contribution in [2.75, 3.05) is 26.2 Å². The predicted octanol–water partition coefficient (Wildman–Crippen LogP) is 10.5. The van der Waals surface area contributed by atoms with Gasteiger partial charge in [-0.3, -0.25) is 14.2 Å². The summed E-state index contributed by atoms with van der Waals surface area (Å²) in [7, 11) is -8.47. The average Bonchev–Trinajstić information content (AvgIpc) is 3.21. The van der Waals surface area contributed by atoms with Crippen molar-refractivity contribution in [2.24, 2.45) is 28.6 Å². The smallest absolute Gasteiger partial charge is 0.356 e. The van der Waals surface area contributed by atoms with Crippen molar-refractivity contribution >= 4 is 47.4 Å². The number of ketones is 2. The molecule has 0 bridgehead atoms. The molecule has 0 aromatic rings. The van der Waals surface area contributed by atoms with Gasteiger partial charge < -0.3 is 22.6 Å². The molecule has 12 heteroatoms. The number of carbonyl (C=O) groups excluding carboxylic acids is 2. The monoisotopic (exact) mass is 786 g/mol. The van der Waals surface area contributed by atoms with Gasteiger partial charge in [0, 0.05) is 17.3 Å². The molecule has 0 N–H and O–H groups in total. The Morgan fingerprint density at radius 3 is 2.08 bits per heavy atom. The van der Waals surface area contributed by atoms with E-state index in [2.05, 4.69) is 94.6 Å². The van der Waals surface area contributed by atoms with Gasteiger partial charge in [-0.15, -0.1) is 11.6 Å². The Labute approximate surface area is 316 Å². The molecule has 2 fully saturated rings. The van der Waals surface area contributed by atoms with Crippen LogP contribution in [0.3, 0.4) is 0 Å². The topological polar surface area (TPSA) is 97.4 Å². The molecule has 0 amide bonds. The fourth-order valence-electron chi connectivity index (χ4n) is 9.30. The molecular weight excluding hydrogens is 719 g/mol. The van der Waals surface area contributed by atoms with Gasteiger partial charge >= 0.3 is 7.60 Å². The second kappa shape index (κ2) is 14.3. The Hall–Kier alpha value is -0.426. The summed E-state index contributed by atoms with van der Waals surface area (Å²) in [4.78, 5) is 27.1. The number of fused-ring (bicyclic) bond motifs is 5. The van der Waals surface area contributed by atoms with Crippen LogP contribution >= 0.6 is 19.2 Å². The van der Waals surface area contributed by atoms with Gasteiger partial charge in [0.15, 0.2) is 28.2 Å². The molecule has 0 heterocycles. The Kier molecular flexibility index (Phi) is 12.1. The van der Waals surface area contributed by atoms with Gasteiger partial charge in [0.05, 0.1) is 30.8 Å². The minimum Gasteiger partial charge on any atom is -0.412 e. The fraction of sp³-hybridized carbons (Fsp3) is 0.846. The number of ether oxygens (including phenoxy) is 1. The lowest BCUT2D eigenvalue weighted by atomic mass is 9.46. The molecule has 8 atom stereocenters. The van der Waals surface area contributed by atoms with Gasteiger partial charge in [0.2, 0.25) is 0 Å². The third-order valence-corrected chi connectivity index (χ3v) is 25.9. The number of Topliss-reactive ketones (excluding diaryl/α,β-unsaturated/α-hetero) is 1. The number of carbonyl (C=O) groups is 2. The van der Waals surface area contributed by atoms with Crippen molar-refractivity contribution in [3.63, 3.8) is 0 Å². The SMILES string of the molecule is CCOP(=O)(CO[C@]1(C(=O)CO[Si](C)(C)C(C)(C)C)[C@@H](C)C[C@H]2[C@@H]3CC=C4CC(=O)C=C[C@]4(C)[C@@]3(Cl)[C@@H](O[Si](C)(C)C(C)(C)C)C[C@@]21C)OCC. The zero-order valence-corrected chi connectivity index (χ0v) is 37.9. The molecule has 51 heavy (non-hydrogen) atoms. The number of alkyl halides is 1. The van der Waals surface area contributed by atoms with E-state index in [4.69, 9.17) is 34.2 Å². The normalized spacial score (nSPS) is 36.0. The largest absolute Gasteiger partial charge is 0.412 e. The van der Waals surface area contributed by atoms with Crippen molar-refractivity contribution in [1.82, 2.24) is 0 Å². The summed E-state index contributed by atoms with van der Waals surface area (Å²) in [5.41, 5.74) is -1.71. The van der Waals surface area contributed by atoms with Crippen LogP contribution in [-0.4, -0.2) is 70.9 Å². The third kappa shape index (κ3) is 7.12. The molecule has 0 aliphatic heterocycles. The van der Waals surface area contributed by atoms with E-state index in [1.54, 1.807) is 19.9 Å². The summed E-state index contributed by atoms with van der Waals surface area (Å²) >= 11 is 8.28. The first kappa shape index (κ1) is 43.3. The van der Waals surface area contributed by atoms with Gasteiger partial charge in [-0.05, 0) is 93.2 Å². The Balaban J connectivity index is 1.94. The highest BCUT2D eigenvalue weighted by Gasteiger charge is 2.76. The molecule has 0 saturated heterocycles. The van der Waals surface area contributed by atoms with E-state index in [1.165, 1.54) is 0 Å².